The lowest BCUT2D eigenvalue weighted by atomic mass is 10.1. The summed E-state index contributed by atoms with van der Waals surface area (Å²) in [6.45, 7) is 0. The molecule has 1 atom stereocenters. The largest absolute Gasteiger partial charge is 0.497 e. The van der Waals surface area contributed by atoms with Gasteiger partial charge in [-0.25, -0.2) is 0 Å². The number of hydrogen-bond donors (Lipinski definition) is 1. The van der Waals surface area contributed by atoms with Crippen LogP contribution >= 0.6 is 27.7 Å². The van der Waals surface area contributed by atoms with Crippen LogP contribution in [0, 0.1) is 0 Å². The van der Waals surface area contributed by atoms with Crippen molar-refractivity contribution in [3.05, 3.63) is 58.6 Å². The monoisotopic (exact) mass is 352 g/mol. The van der Waals surface area contributed by atoms with Crippen LogP contribution in [0.3, 0.4) is 0 Å². The Kier molecular flexibility index (Phi) is 5.95. The van der Waals surface area contributed by atoms with E-state index >= 15 is 0 Å². The number of rotatable bonds is 6. The van der Waals surface area contributed by atoms with Gasteiger partial charge in [-0.2, -0.15) is 0 Å². The van der Waals surface area contributed by atoms with Gasteiger partial charge in [0.25, 0.3) is 0 Å². The molecule has 0 bridgehead atoms. The van der Waals surface area contributed by atoms with E-state index in [-0.39, 0.29) is 6.10 Å². The van der Waals surface area contributed by atoms with Crippen LogP contribution < -0.4 is 4.74 Å². The van der Waals surface area contributed by atoms with Gasteiger partial charge in [0.05, 0.1) is 13.2 Å². The molecule has 0 aliphatic rings. The van der Waals surface area contributed by atoms with E-state index in [0.717, 1.165) is 20.7 Å². The third-order valence-electron chi connectivity index (χ3n) is 2.86. The van der Waals surface area contributed by atoms with E-state index in [1.54, 1.807) is 18.9 Å². The summed E-state index contributed by atoms with van der Waals surface area (Å²) in [6.07, 6.45) is 0.275. The SMILES string of the molecule is COc1cccc(CC(O)CSc2ccc(Br)cc2)c1. The molecule has 0 spiro atoms. The van der Waals surface area contributed by atoms with Crippen LogP contribution in [0.5, 0.6) is 5.75 Å². The van der Waals surface area contributed by atoms with Gasteiger partial charge in [-0.05, 0) is 48.4 Å². The van der Waals surface area contributed by atoms with Crippen molar-refractivity contribution in [2.75, 3.05) is 12.9 Å². The molecule has 1 unspecified atom stereocenters. The summed E-state index contributed by atoms with van der Waals surface area (Å²) in [5, 5.41) is 10.1. The first-order valence-electron chi connectivity index (χ1n) is 6.37. The zero-order valence-corrected chi connectivity index (χ0v) is 13.7. The third kappa shape index (κ3) is 4.85. The van der Waals surface area contributed by atoms with Crippen molar-refractivity contribution >= 4 is 27.7 Å². The highest BCUT2D eigenvalue weighted by atomic mass is 79.9. The normalized spacial score (nSPS) is 12.2. The average Bonchev–Trinajstić information content (AvgIpc) is 2.47. The molecule has 0 aliphatic heterocycles. The molecule has 2 aromatic rings. The molecule has 0 saturated heterocycles. The smallest absolute Gasteiger partial charge is 0.119 e. The van der Waals surface area contributed by atoms with Crippen molar-refractivity contribution in [3.8, 4) is 5.75 Å². The van der Waals surface area contributed by atoms with Gasteiger partial charge in [-0.1, -0.05) is 28.1 Å². The maximum absolute atomic E-state index is 10.1. The fourth-order valence-corrected chi connectivity index (χ4v) is 2.95. The van der Waals surface area contributed by atoms with Gasteiger partial charge in [0.2, 0.25) is 0 Å². The van der Waals surface area contributed by atoms with Crippen molar-refractivity contribution in [1.29, 1.82) is 0 Å². The lowest BCUT2D eigenvalue weighted by Gasteiger charge is -2.11. The Hall–Kier alpha value is -0.970. The van der Waals surface area contributed by atoms with Crippen molar-refractivity contribution in [2.24, 2.45) is 0 Å². The van der Waals surface area contributed by atoms with Crippen LogP contribution in [0.4, 0.5) is 0 Å². The number of halogens is 1. The Morgan fingerprint density at radius 1 is 1.20 bits per heavy atom. The van der Waals surface area contributed by atoms with Crippen LogP contribution in [0.1, 0.15) is 5.56 Å². The summed E-state index contributed by atoms with van der Waals surface area (Å²) < 4.78 is 6.25. The number of methoxy groups -OCH3 is 1. The summed E-state index contributed by atoms with van der Waals surface area (Å²) in [7, 11) is 1.65. The van der Waals surface area contributed by atoms with Crippen molar-refractivity contribution in [1.82, 2.24) is 0 Å². The standard InChI is InChI=1S/C16H17BrO2S/c1-19-15-4-2-3-12(10-15)9-14(18)11-20-16-7-5-13(17)6-8-16/h2-8,10,14,18H,9,11H2,1H3. The van der Waals surface area contributed by atoms with Crippen LogP contribution in [0.15, 0.2) is 57.9 Å². The van der Waals surface area contributed by atoms with Gasteiger partial charge in [0.1, 0.15) is 5.75 Å². The minimum Gasteiger partial charge on any atom is -0.497 e. The number of ether oxygens (including phenoxy) is 1. The molecule has 2 rings (SSSR count). The highest BCUT2D eigenvalue weighted by Crippen LogP contribution is 2.22. The molecule has 0 amide bonds. The number of benzene rings is 2. The van der Waals surface area contributed by atoms with E-state index in [1.165, 1.54) is 0 Å². The molecule has 0 radical (unpaired) electrons. The summed E-state index contributed by atoms with van der Waals surface area (Å²) in [4.78, 5) is 1.16. The van der Waals surface area contributed by atoms with Crippen LogP contribution in [0.25, 0.3) is 0 Å². The molecule has 4 heteroatoms. The van der Waals surface area contributed by atoms with E-state index in [4.69, 9.17) is 4.74 Å². The van der Waals surface area contributed by atoms with Gasteiger partial charge in [-0.3, -0.25) is 0 Å². The molecular formula is C16H17BrO2S. The highest BCUT2D eigenvalue weighted by molar-refractivity contribution is 9.10. The Labute approximate surface area is 132 Å². The molecule has 2 aromatic carbocycles. The predicted octanol–water partition coefficient (Wildman–Crippen LogP) is 4.15. The molecular weight excluding hydrogens is 336 g/mol. The lowest BCUT2D eigenvalue weighted by molar-refractivity contribution is 0.200. The van der Waals surface area contributed by atoms with Gasteiger partial charge in [0, 0.05) is 15.1 Å². The fourth-order valence-electron chi connectivity index (χ4n) is 1.85. The Bertz CT molecular complexity index is 542. The lowest BCUT2D eigenvalue weighted by Crippen LogP contribution is -2.13. The molecule has 0 fully saturated rings. The maximum atomic E-state index is 10.1. The first kappa shape index (κ1) is 15.4. The minimum absolute atomic E-state index is 0.365. The summed E-state index contributed by atoms with van der Waals surface area (Å²) in [5.41, 5.74) is 1.09. The third-order valence-corrected chi connectivity index (χ3v) is 4.55. The average molecular weight is 353 g/mol. The molecule has 1 N–H and O–H groups in total. The molecule has 106 valence electrons. The highest BCUT2D eigenvalue weighted by Gasteiger charge is 2.07. The van der Waals surface area contributed by atoms with Crippen molar-refractivity contribution in [2.45, 2.75) is 17.4 Å². The van der Waals surface area contributed by atoms with E-state index in [1.807, 2.05) is 48.5 Å². The van der Waals surface area contributed by atoms with Gasteiger partial charge in [-0.15, -0.1) is 11.8 Å². The van der Waals surface area contributed by atoms with Crippen LogP contribution in [0.2, 0.25) is 0 Å². The Balaban J connectivity index is 1.85. The molecule has 2 nitrogen and oxygen atoms in total. The minimum atomic E-state index is -0.365. The van der Waals surface area contributed by atoms with E-state index in [0.29, 0.717) is 12.2 Å². The first-order valence-corrected chi connectivity index (χ1v) is 8.14. The molecule has 20 heavy (non-hydrogen) atoms. The number of aliphatic hydroxyl groups is 1. The van der Waals surface area contributed by atoms with Crippen molar-refractivity contribution < 1.29 is 9.84 Å². The molecule has 0 aliphatic carbocycles. The summed E-state index contributed by atoms with van der Waals surface area (Å²) >= 11 is 5.08. The molecule has 0 heterocycles. The van der Waals surface area contributed by atoms with Gasteiger partial charge < -0.3 is 9.84 Å². The zero-order valence-electron chi connectivity index (χ0n) is 11.3. The number of aliphatic hydroxyl groups excluding tert-OH is 1. The topological polar surface area (TPSA) is 29.5 Å². The predicted molar refractivity (Wildman–Crippen MR) is 87.6 cm³/mol. The second-order valence-electron chi connectivity index (χ2n) is 4.47. The second-order valence-corrected chi connectivity index (χ2v) is 6.48. The van der Waals surface area contributed by atoms with E-state index < -0.39 is 0 Å². The van der Waals surface area contributed by atoms with E-state index in [2.05, 4.69) is 15.9 Å². The zero-order chi connectivity index (χ0) is 14.4. The fraction of sp³-hybridized carbons (Fsp3) is 0.250. The maximum Gasteiger partial charge on any atom is 0.119 e. The number of hydrogen-bond acceptors (Lipinski definition) is 3. The van der Waals surface area contributed by atoms with Gasteiger partial charge in [0.15, 0.2) is 0 Å². The van der Waals surface area contributed by atoms with E-state index in [9.17, 15) is 5.11 Å². The first-order chi connectivity index (χ1) is 9.67. The quantitative estimate of drug-likeness (QED) is 0.791. The number of thioether (sulfide) groups is 1. The van der Waals surface area contributed by atoms with Crippen molar-refractivity contribution in [3.63, 3.8) is 0 Å². The second kappa shape index (κ2) is 7.72. The molecule has 0 saturated carbocycles. The molecule has 0 aromatic heterocycles. The van der Waals surface area contributed by atoms with Crippen LogP contribution in [-0.2, 0) is 6.42 Å². The van der Waals surface area contributed by atoms with Crippen LogP contribution in [-0.4, -0.2) is 24.1 Å². The Morgan fingerprint density at radius 2 is 1.95 bits per heavy atom. The Morgan fingerprint density at radius 3 is 2.65 bits per heavy atom. The summed E-state index contributed by atoms with van der Waals surface area (Å²) in [5.74, 6) is 1.51. The van der Waals surface area contributed by atoms with Gasteiger partial charge >= 0.3 is 0 Å². The summed E-state index contributed by atoms with van der Waals surface area (Å²) in [6, 6.07) is 16.0.